The first kappa shape index (κ1) is 18.6. The van der Waals surface area contributed by atoms with Crippen LogP contribution in [0.15, 0.2) is 54.6 Å². The van der Waals surface area contributed by atoms with Crippen molar-refractivity contribution < 1.29 is 4.79 Å². The Morgan fingerprint density at radius 1 is 1.14 bits per heavy atom. The molecule has 0 fully saturated rings. The minimum Gasteiger partial charge on any atom is -0.760 e. The maximum atomic E-state index is 11.8. The van der Waals surface area contributed by atoms with E-state index in [2.05, 4.69) is 5.32 Å². The Morgan fingerprint density at radius 2 is 1.77 bits per heavy atom. The monoisotopic (exact) mass is 443 g/mol. The van der Waals surface area contributed by atoms with Crippen LogP contribution in [0.5, 0.6) is 0 Å². The molecule has 1 amide bonds. The molecule has 0 atom stereocenters. The van der Waals surface area contributed by atoms with E-state index in [4.69, 9.17) is 29.6 Å². The van der Waals surface area contributed by atoms with Crippen LogP contribution in [0.2, 0.25) is 5.02 Å². The number of hydrogen-bond acceptors (Lipinski definition) is 3. The van der Waals surface area contributed by atoms with Gasteiger partial charge in [0.25, 0.3) is 0 Å². The van der Waals surface area contributed by atoms with E-state index < -0.39 is 0 Å². The summed E-state index contributed by atoms with van der Waals surface area (Å²) in [6, 6.07) is 14.1. The fraction of sp³-hybridized carbons (Fsp3) is 0. The van der Waals surface area contributed by atoms with Crippen LogP contribution in [0, 0.1) is 5.41 Å². The number of carbonyl (C=O) groups is 1. The summed E-state index contributed by atoms with van der Waals surface area (Å²) in [5.74, 6) is -0.254. The molecule has 0 aliphatic carbocycles. The van der Waals surface area contributed by atoms with Crippen LogP contribution in [-0.2, 0) is 17.4 Å². The molecule has 2 N–H and O–H groups in total. The lowest BCUT2D eigenvalue weighted by Gasteiger charge is -2.08. The summed E-state index contributed by atoms with van der Waals surface area (Å²) in [7, 11) is 0. The lowest BCUT2D eigenvalue weighted by Crippen LogP contribution is -2.07. The zero-order valence-corrected chi connectivity index (χ0v) is 15.3. The van der Waals surface area contributed by atoms with Crippen molar-refractivity contribution >= 4 is 70.9 Å². The maximum Gasteiger partial charge on any atom is 0.248 e. The van der Waals surface area contributed by atoms with Crippen LogP contribution in [-0.4, -0.2) is 11.0 Å². The van der Waals surface area contributed by atoms with Crippen molar-refractivity contribution in [2.75, 3.05) is 5.32 Å². The average Bonchev–Trinajstić information content (AvgIpc) is 2.47. The van der Waals surface area contributed by atoms with Crippen molar-refractivity contribution in [2.45, 2.75) is 0 Å². The van der Waals surface area contributed by atoms with Crippen LogP contribution < -0.4 is 5.32 Å². The summed E-state index contributed by atoms with van der Waals surface area (Å²) < 4.78 is 0. The number of anilines is 1. The van der Waals surface area contributed by atoms with Crippen molar-refractivity contribution in [3.8, 4) is 0 Å². The molecule has 0 bridgehead atoms. The molecule has 0 unspecified atom stereocenters. The van der Waals surface area contributed by atoms with Gasteiger partial charge in [-0.3, -0.25) is 4.79 Å². The molecule has 6 heteroatoms. The smallest absolute Gasteiger partial charge is 0.248 e. The first-order chi connectivity index (χ1) is 10.1. The molecule has 0 aliphatic rings. The standard InChI is InChI=1S/C16H13ClN2OS.HI/c17-14-4-2-1-3-11(14)7-10-15(20)19-13-8-5-12(6-9-13)16(18)21;/h1-10H,(H2,18,21)(H,19,20);1H/p-1/b10-7+;. The summed E-state index contributed by atoms with van der Waals surface area (Å²) in [6.07, 6.45) is 3.08. The van der Waals surface area contributed by atoms with Gasteiger partial charge in [0.05, 0.1) is 0 Å². The number of nitrogens with one attached hydrogen (secondary N) is 2. The predicted octanol–water partition coefficient (Wildman–Crippen LogP) is 4.48. The number of hydrogen-bond donors (Lipinski definition) is 2. The molecule has 0 radical (unpaired) electrons. The fourth-order valence-corrected chi connectivity index (χ4v) is 2.00. The van der Waals surface area contributed by atoms with E-state index in [9.17, 15) is 4.79 Å². The van der Waals surface area contributed by atoms with Crippen molar-refractivity contribution in [1.29, 1.82) is 5.41 Å². The Bertz CT molecular complexity index is 702. The van der Waals surface area contributed by atoms with Gasteiger partial charge in [0.2, 0.25) is 5.91 Å². The molecule has 0 heterocycles. The Balaban J connectivity index is 0.00000242. The third-order valence-corrected chi connectivity index (χ3v) is 3.31. The molecular weight excluding hydrogens is 431 g/mol. The second-order valence-corrected chi connectivity index (χ2v) is 5.07. The fourth-order valence-electron chi connectivity index (χ4n) is 1.66. The number of amides is 1. The van der Waals surface area contributed by atoms with Crippen LogP contribution in [0.3, 0.4) is 0 Å². The summed E-state index contributed by atoms with van der Waals surface area (Å²) in [5, 5.41) is 10.7. The number of carbonyl (C=O) groups excluding carboxylic acids is 1. The quantitative estimate of drug-likeness (QED) is 0.241. The summed E-state index contributed by atoms with van der Waals surface area (Å²) in [4.78, 5) is 11.8. The number of rotatable bonds is 4. The van der Waals surface area contributed by atoms with Gasteiger partial charge in [0, 0.05) is 16.8 Å². The van der Waals surface area contributed by atoms with Gasteiger partial charge in [-0.05, 0) is 35.4 Å². The minimum absolute atomic E-state index is 0. The first-order valence-electron chi connectivity index (χ1n) is 6.16. The molecular formula is C16H13ClIN2OS-. The SMILES string of the molecule is I.N=C([S-])c1ccc(NC(=O)/C=C/c2ccccc2Cl)cc1. The van der Waals surface area contributed by atoms with Gasteiger partial charge in [-0.1, -0.05) is 47.0 Å². The van der Waals surface area contributed by atoms with Crippen LogP contribution in [0.1, 0.15) is 11.1 Å². The molecule has 0 saturated carbocycles. The largest absolute Gasteiger partial charge is 0.760 e. The Hall–Kier alpha value is -1.44. The van der Waals surface area contributed by atoms with E-state index in [0.717, 1.165) is 5.56 Å². The van der Waals surface area contributed by atoms with Gasteiger partial charge in [-0.15, -0.1) is 24.0 Å². The zero-order valence-electron chi connectivity index (χ0n) is 11.4. The third kappa shape index (κ3) is 5.40. The lowest BCUT2D eigenvalue weighted by molar-refractivity contribution is -0.111. The molecule has 0 aromatic heterocycles. The molecule has 2 aromatic carbocycles. The summed E-state index contributed by atoms with van der Waals surface area (Å²) in [6.45, 7) is 0. The van der Waals surface area contributed by atoms with Crippen molar-refractivity contribution in [3.63, 3.8) is 0 Å². The van der Waals surface area contributed by atoms with Gasteiger partial charge in [0.15, 0.2) is 0 Å². The molecule has 114 valence electrons. The van der Waals surface area contributed by atoms with E-state index in [1.807, 2.05) is 18.2 Å². The topological polar surface area (TPSA) is 53.0 Å². The molecule has 2 rings (SSSR count). The second-order valence-electron chi connectivity index (χ2n) is 4.25. The highest BCUT2D eigenvalue weighted by atomic mass is 127. The van der Waals surface area contributed by atoms with Crippen molar-refractivity contribution in [1.82, 2.24) is 0 Å². The summed E-state index contributed by atoms with van der Waals surface area (Å²) >= 11 is 10.8. The number of benzene rings is 2. The van der Waals surface area contributed by atoms with E-state index in [0.29, 0.717) is 16.3 Å². The van der Waals surface area contributed by atoms with E-state index >= 15 is 0 Å². The Morgan fingerprint density at radius 3 is 2.36 bits per heavy atom. The molecule has 0 spiro atoms. The van der Waals surface area contributed by atoms with Crippen LogP contribution in [0.4, 0.5) is 5.69 Å². The van der Waals surface area contributed by atoms with Crippen LogP contribution in [0.25, 0.3) is 6.08 Å². The average molecular weight is 444 g/mol. The van der Waals surface area contributed by atoms with Gasteiger partial charge in [-0.25, -0.2) is 0 Å². The molecule has 0 aliphatic heterocycles. The first-order valence-corrected chi connectivity index (χ1v) is 6.94. The van der Waals surface area contributed by atoms with E-state index in [1.54, 1.807) is 36.4 Å². The molecule has 2 aromatic rings. The minimum atomic E-state index is -0.254. The third-order valence-electron chi connectivity index (χ3n) is 2.73. The Labute approximate surface area is 156 Å². The molecule has 3 nitrogen and oxygen atoms in total. The normalized spacial score (nSPS) is 10.0. The maximum absolute atomic E-state index is 11.8. The van der Waals surface area contributed by atoms with E-state index in [-0.39, 0.29) is 34.9 Å². The van der Waals surface area contributed by atoms with Crippen molar-refractivity contribution in [3.05, 3.63) is 70.8 Å². The molecule has 22 heavy (non-hydrogen) atoms. The van der Waals surface area contributed by atoms with Gasteiger partial charge in [-0.2, -0.15) is 0 Å². The van der Waals surface area contributed by atoms with Gasteiger partial charge in [0.1, 0.15) is 0 Å². The van der Waals surface area contributed by atoms with Gasteiger partial charge < -0.3 is 23.4 Å². The Kier molecular flexibility index (Phi) is 7.50. The highest BCUT2D eigenvalue weighted by Gasteiger charge is 1.99. The molecule has 0 saturated heterocycles. The highest BCUT2D eigenvalue weighted by Crippen LogP contribution is 2.16. The zero-order chi connectivity index (χ0) is 15.2. The number of halogens is 2. The second kappa shape index (κ2) is 8.87. The lowest BCUT2D eigenvalue weighted by atomic mass is 10.2. The van der Waals surface area contributed by atoms with E-state index in [1.165, 1.54) is 6.08 Å². The summed E-state index contributed by atoms with van der Waals surface area (Å²) in [5.41, 5.74) is 2.07. The van der Waals surface area contributed by atoms with Crippen LogP contribution >= 0.6 is 35.6 Å². The predicted molar refractivity (Wildman–Crippen MR) is 105 cm³/mol. The van der Waals surface area contributed by atoms with Gasteiger partial charge >= 0.3 is 0 Å². The highest BCUT2D eigenvalue weighted by molar-refractivity contribution is 14.0. The van der Waals surface area contributed by atoms with Crippen molar-refractivity contribution in [2.24, 2.45) is 0 Å².